The number of hydrogen-bond acceptors (Lipinski definition) is 3. The molecule has 2 rings (SSSR count). The smallest absolute Gasteiger partial charge is 0.267 e. The molecule has 3 nitrogen and oxygen atoms in total. The van der Waals surface area contributed by atoms with Crippen LogP contribution in [0.1, 0.15) is 15.2 Å². The lowest BCUT2D eigenvalue weighted by Gasteiger charge is -2.10. The topological polar surface area (TPSA) is 55.1 Å². The molecule has 0 spiro atoms. The second-order valence-corrected chi connectivity index (χ2v) is 5.01. The fourth-order valence-corrected chi connectivity index (χ4v) is 2.51. The maximum Gasteiger partial charge on any atom is 0.267 e. The monoisotopic (exact) mass is 284 g/mol. The van der Waals surface area contributed by atoms with Crippen molar-refractivity contribution in [2.45, 2.75) is 6.92 Å². The van der Waals surface area contributed by atoms with Gasteiger partial charge in [-0.3, -0.25) is 4.79 Å². The lowest BCUT2D eigenvalue weighted by atomic mass is 10.1. The molecule has 94 valence electrons. The number of carbonyl (C=O) groups is 1. The van der Waals surface area contributed by atoms with Gasteiger partial charge in [0.15, 0.2) is 0 Å². The van der Waals surface area contributed by atoms with Crippen molar-refractivity contribution in [2.75, 3.05) is 11.1 Å². The molecule has 0 bridgehead atoms. The quantitative estimate of drug-likeness (QED) is 0.827. The predicted molar refractivity (Wildman–Crippen MR) is 72.8 cm³/mol. The van der Waals surface area contributed by atoms with Crippen molar-refractivity contribution in [3.63, 3.8) is 0 Å². The van der Waals surface area contributed by atoms with E-state index in [1.165, 1.54) is 23.5 Å². The second-order valence-electron chi connectivity index (χ2n) is 3.69. The average Bonchev–Trinajstić information content (AvgIpc) is 2.76. The van der Waals surface area contributed by atoms with Crippen molar-refractivity contribution in [2.24, 2.45) is 0 Å². The predicted octanol–water partition coefficient (Wildman–Crippen LogP) is 3.68. The van der Waals surface area contributed by atoms with Crippen LogP contribution in [-0.4, -0.2) is 5.91 Å². The van der Waals surface area contributed by atoms with E-state index < -0.39 is 11.7 Å². The molecule has 3 N–H and O–H groups in total. The van der Waals surface area contributed by atoms with Crippen LogP contribution in [0.25, 0.3) is 0 Å². The fourth-order valence-electron chi connectivity index (χ4n) is 1.47. The molecule has 0 aliphatic carbocycles. The highest BCUT2D eigenvalue weighted by Crippen LogP contribution is 2.27. The van der Waals surface area contributed by atoms with Gasteiger partial charge in [0, 0.05) is 5.69 Å². The van der Waals surface area contributed by atoms with Crippen LogP contribution in [0.5, 0.6) is 0 Å². The van der Waals surface area contributed by atoms with Crippen LogP contribution in [0, 0.1) is 12.7 Å². The molecular weight excluding hydrogens is 275 g/mol. The maximum absolute atomic E-state index is 13.6. The van der Waals surface area contributed by atoms with E-state index >= 15 is 0 Å². The maximum atomic E-state index is 13.6. The third kappa shape index (κ3) is 2.32. The highest BCUT2D eigenvalue weighted by atomic mass is 35.5. The molecule has 0 atom stereocenters. The molecule has 0 aliphatic rings. The summed E-state index contributed by atoms with van der Waals surface area (Å²) in [5, 5.41) is 4.54. The molecule has 0 fully saturated rings. The lowest BCUT2D eigenvalue weighted by molar-refractivity contribution is 0.103. The Morgan fingerprint density at radius 1 is 1.44 bits per heavy atom. The molecule has 0 saturated carbocycles. The molecular formula is C12H10ClFN2OS. The van der Waals surface area contributed by atoms with E-state index in [4.69, 9.17) is 17.3 Å². The van der Waals surface area contributed by atoms with Crippen molar-refractivity contribution in [1.82, 2.24) is 0 Å². The van der Waals surface area contributed by atoms with Crippen LogP contribution >= 0.6 is 22.9 Å². The number of thiophene rings is 1. The molecule has 0 aliphatic heterocycles. The number of carbonyl (C=O) groups excluding carboxylic acids is 1. The molecule has 2 aromatic rings. The highest BCUT2D eigenvalue weighted by Gasteiger charge is 2.16. The summed E-state index contributed by atoms with van der Waals surface area (Å²) in [6.45, 7) is 1.64. The number of nitrogens with one attached hydrogen (secondary N) is 1. The Hall–Kier alpha value is -1.59. The molecule has 6 heteroatoms. The van der Waals surface area contributed by atoms with Gasteiger partial charge in [-0.25, -0.2) is 4.39 Å². The van der Waals surface area contributed by atoms with E-state index in [1.54, 1.807) is 18.4 Å². The van der Waals surface area contributed by atoms with Crippen molar-refractivity contribution >= 4 is 40.2 Å². The van der Waals surface area contributed by atoms with Gasteiger partial charge >= 0.3 is 0 Å². The van der Waals surface area contributed by atoms with E-state index in [0.29, 0.717) is 21.2 Å². The van der Waals surface area contributed by atoms with Gasteiger partial charge in [0.05, 0.1) is 10.7 Å². The summed E-state index contributed by atoms with van der Waals surface area (Å²) in [6, 6.07) is 4.29. The number of halogens is 2. The first kappa shape index (κ1) is 12.9. The van der Waals surface area contributed by atoms with E-state index in [9.17, 15) is 9.18 Å². The van der Waals surface area contributed by atoms with Crippen molar-refractivity contribution in [3.8, 4) is 0 Å². The Morgan fingerprint density at radius 3 is 2.78 bits per heavy atom. The standard InChI is InChI=1S/C12H10ClFN2OS/c1-6-9(15)3-2-8(14)10(6)16-12(17)11-7(13)4-5-18-11/h2-5H,15H2,1H3,(H,16,17). The first-order valence-corrected chi connectivity index (χ1v) is 6.35. The number of amides is 1. The summed E-state index contributed by atoms with van der Waals surface area (Å²) >= 11 is 7.04. The minimum atomic E-state index is -0.525. The van der Waals surface area contributed by atoms with E-state index in [-0.39, 0.29) is 5.69 Å². The summed E-state index contributed by atoms with van der Waals surface area (Å²) in [7, 11) is 0. The van der Waals surface area contributed by atoms with Gasteiger partial charge in [-0.05, 0) is 36.1 Å². The Balaban J connectivity index is 2.33. The van der Waals surface area contributed by atoms with Gasteiger partial charge in [-0.1, -0.05) is 11.6 Å². The van der Waals surface area contributed by atoms with Crippen molar-refractivity contribution in [1.29, 1.82) is 0 Å². The van der Waals surface area contributed by atoms with Gasteiger partial charge in [0.1, 0.15) is 10.7 Å². The minimum Gasteiger partial charge on any atom is -0.398 e. The van der Waals surface area contributed by atoms with Crippen LogP contribution in [0.4, 0.5) is 15.8 Å². The number of benzene rings is 1. The summed E-state index contributed by atoms with van der Waals surface area (Å²) < 4.78 is 13.6. The van der Waals surface area contributed by atoms with Gasteiger partial charge in [-0.15, -0.1) is 11.3 Å². The Kier molecular flexibility index (Phi) is 3.54. The average molecular weight is 285 g/mol. The second kappa shape index (κ2) is 4.96. The Labute approximate surface area is 112 Å². The van der Waals surface area contributed by atoms with E-state index in [0.717, 1.165) is 0 Å². The highest BCUT2D eigenvalue weighted by molar-refractivity contribution is 7.12. The molecule has 1 aromatic carbocycles. The molecule has 0 unspecified atom stereocenters. The number of nitrogen functional groups attached to an aromatic ring is 1. The van der Waals surface area contributed by atoms with Gasteiger partial charge in [0.25, 0.3) is 5.91 Å². The Bertz CT molecular complexity index is 612. The number of rotatable bonds is 2. The van der Waals surface area contributed by atoms with E-state index in [2.05, 4.69) is 5.32 Å². The van der Waals surface area contributed by atoms with Gasteiger partial charge < -0.3 is 11.1 Å². The van der Waals surface area contributed by atoms with Crippen LogP contribution in [0.15, 0.2) is 23.6 Å². The number of anilines is 2. The first-order chi connectivity index (χ1) is 8.50. The van der Waals surface area contributed by atoms with Crippen LogP contribution in [0.2, 0.25) is 5.02 Å². The lowest BCUT2D eigenvalue weighted by Crippen LogP contribution is -2.13. The fraction of sp³-hybridized carbons (Fsp3) is 0.0833. The normalized spacial score (nSPS) is 10.4. The zero-order chi connectivity index (χ0) is 13.3. The van der Waals surface area contributed by atoms with Crippen LogP contribution < -0.4 is 11.1 Å². The third-order valence-electron chi connectivity index (χ3n) is 2.52. The van der Waals surface area contributed by atoms with Crippen LogP contribution in [0.3, 0.4) is 0 Å². The molecule has 0 saturated heterocycles. The summed E-state index contributed by atoms with van der Waals surface area (Å²) in [5.74, 6) is -0.967. The molecule has 18 heavy (non-hydrogen) atoms. The number of hydrogen-bond donors (Lipinski definition) is 2. The van der Waals surface area contributed by atoms with Crippen molar-refractivity contribution < 1.29 is 9.18 Å². The van der Waals surface area contributed by atoms with E-state index in [1.807, 2.05) is 0 Å². The van der Waals surface area contributed by atoms with Gasteiger partial charge in [-0.2, -0.15) is 0 Å². The molecule has 1 amide bonds. The largest absolute Gasteiger partial charge is 0.398 e. The van der Waals surface area contributed by atoms with Crippen molar-refractivity contribution in [3.05, 3.63) is 44.9 Å². The summed E-state index contributed by atoms with van der Waals surface area (Å²) in [5.41, 5.74) is 6.68. The molecule has 1 aromatic heterocycles. The molecule has 1 heterocycles. The van der Waals surface area contributed by atoms with Gasteiger partial charge in [0.2, 0.25) is 0 Å². The summed E-state index contributed by atoms with van der Waals surface area (Å²) in [6.07, 6.45) is 0. The SMILES string of the molecule is Cc1c(N)ccc(F)c1NC(=O)c1sccc1Cl. The zero-order valence-electron chi connectivity index (χ0n) is 9.46. The minimum absolute atomic E-state index is 0.0875. The summed E-state index contributed by atoms with van der Waals surface area (Å²) in [4.78, 5) is 12.3. The zero-order valence-corrected chi connectivity index (χ0v) is 11.0. The molecule has 0 radical (unpaired) electrons. The first-order valence-electron chi connectivity index (χ1n) is 5.09. The Morgan fingerprint density at radius 2 is 2.17 bits per heavy atom. The van der Waals surface area contributed by atoms with Crippen LogP contribution in [-0.2, 0) is 0 Å². The third-order valence-corrected chi connectivity index (χ3v) is 3.86. The number of nitrogens with two attached hydrogens (primary N) is 1.